The van der Waals surface area contributed by atoms with Crippen molar-refractivity contribution in [1.82, 2.24) is 15.2 Å². The highest BCUT2D eigenvalue weighted by molar-refractivity contribution is 7.17. The highest BCUT2D eigenvalue weighted by Crippen LogP contribution is 2.32. The van der Waals surface area contributed by atoms with E-state index in [0.717, 1.165) is 22.7 Å². The number of amides is 1. The summed E-state index contributed by atoms with van der Waals surface area (Å²) in [5.41, 5.74) is 1.89. The molecule has 1 aromatic heterocycles. The Balaban J connectivity index is 1.52. The van der Waals surface area contributed by atoms with E-state index in [1.807, 2.05) is 31.2 Å². The summed E-state index contributed by atoms with van der Waals surface area (Å²) in [6, 6.07) is 7.95. The van der Waals surface area contributed by atoms with Gasteiger partial charge in [-0.3, -0.25) is 4.79 Å². The van der Waals surface area contributed by atoms with Gasteiger partial charge in [-0.15, -0.1) is 11.3 Å². The Hall–Kier alpha value is -1.43. The number of halogens is 1. The van der Waals surface area contributed by atoms with E-state index in [4.69, 9.17) is 11.6 Å². The van der Waals surface area contributed by atoms with Crippen LogP contribution < -0.4 is 5.32 Å². The Labute approximate surface area is 150 Å². The first-order valence-electron chi connectivity index (χ1n) is 8.37. The molecule has 4 heterocycles. The van der Waals surface area contributed by atoms with Crippen LogP contribution in [-0.4, -0.2) is 41.5 Å². The Morgan fingerprint density at radius 3 is 2.83 bits per heavy atom. The number of fused-ring (bicyclic) bond motifs is 3. The number of thiazole rings is 1. The van der Waals surface area contributed by atoms with Crippen LogP contribution in [0.25, 0.3) is 10.4 Å². The molecule has 1 unspecified atom stereocenters. The second kappa shape index (κ2) is 6.47. The van der Waals surface area contributed by atoms with Crippen molar-refractivity contribution in [2.75, 3.05) is 19.6 Å². The molecule has 126 valence electrons. The van der Waals surface area contributed by atoms with Crippen LogP contribution in [0.5, 0.6) is 0 Å². The number of hydrogen-bond acceptors (Lipinski definition) is 4. The van der Waals surface area contributed by atoms with E-state index < -0.39 is 0 Å². The molecule has 2 aromatic rings. The second-order valence-electron chi connectivity index (χ2n) is 6.66. The predicted octanol–water partition coefficient (Wildman–Crippen LogP) is 3.60. The first-order chi connectivity index (χ1) is 11.6. The van der Waals surface area contributed by atoms with Crippen molar-refractivity contribution in [3.8, 4) is 10.4 Å². The normalized spacial score (nSPS) is 25.7. The Bertz CT molecular complexity index is 767. The number of nitrogens with one attached hydrogen (secondary N) is 1. The number of aromatic nitrogens is 1. The minimum atomic E-state index is -0.0462. The number of nitrogens with zero attached hydrogens (tertiary/aromatic N) is 2. The number of rotatable bonds is 3. The molecule has 3 saturated heterocycles. The largest absolute Gasteiger partial charge is 0.346 e. The molecule has 1 aromatic carbocycles. The van der Waals surface area contributed by atoms with E-state index in [1.54, 1.807) is 0 Å². The molecule has 3 fully saturated rings. The van der Waals surface area contributed by atoms with Crippen molar-refractivity contribution in [2.45, 2.75) is 25.8 Å². The van der Waals surface area contributed by atoms with Crippen LogP contribution in [-0.2, 0) is 0 Å². The summed E-state index contributed by atoms with van der Waals surface area (Å²) in [4.78, 5) is 20.6. The van der Waals surface area contributed by atoms with Crippen LogP contribution in [0, 0.1) is 12.8 Å². The summed E-state index contributed by atoms with van der Waals surface area (Å²) in [5.74, 6) is 0.572. The van der Waals surface area contributed by atoms with Crippen LogP contribution in [0.3, 0.4) is 0 Å². The minimum Gasteiger partial charge on any atom is -0.346 e. The quantitative estimate of drug-likeness (QED) is 0.908. The fraction of sp³-hybridized carbons (Fsp3) is 0.444. The van der Waals surface area contributed by atoms with Gasteiger partial charge in [-0.1, -0.05) is 23.7 Å². The van der Waals surface area contributed by atoms with E-state index in [9.17, 15) is 4.79 Å². The molecule has 0 saturated carbocycles. The number of benzene rings is 1. The first-order valence-corrected chi connectivity index (χ1v) is 9.56. The fourth-order valence-corrected chi connectivity index (χ4v) is 4.91. The number of aryl methyl sites for hydroxylation is 1. The maximum Gasteiger partial charge on any atom is 0.280 e. The standard InChI is InChI=1S/C18H20ClN3OS/c1-11-16(13-3-2-4-14(19)9-13)24-18(20-11)17(23)21-15-10-22-7-5-12(15)6-8-22/h2-4,9,12,15H,5-8,10H2,1H3,(H,21,23). The third-order valence-electron chi connectivity index (χ3n) is 5.05. The summed E-state index contributed by atoms with van der Waals surface area (Å²) in [5, 5.41) is 4.45. The van der Waals surface area contributed by atoms with Gasteiger partial charge in [0.25, 0.3) is 5.91 Å². The Morgan fingerprint density at radius 2 is 2.17 bits per heavy atom. The minimum absolute atomic E-state index is 0.0462. The highest BCUT2D eigenvalue weighted by Gasteiger charge is 2.35. The van der Waals surface area contributed by atoms with Gasteiger partial charge in [0, 0.05) is 17.6 Å². The van der Waals surface area contributed by atoms with E-state index in [1.165, 1.54) is 37.3 Å². The molecule has 1 N–H and O–H groups in total. The SMILES string of the molecule is Cc1nc(C(=O)NC2CN3CCC2CC3)sc1-c1cccc(Cl)c1. The molecule has 3 aliphatic heterocycles. The molecule has 1 atom stereocenters. The lowest BCUT2D eigenvalue weighted by Crippen LogP contribution is -2.57. The lowest BCUT2D eigenvalue weighted by atomic mass is 9.84. The lowest BCUT2D eigenvalue weighted by molar-refractivity contribution is 0.0620. The van der Waals surface area contributed by atoms with E-state index in [2.05, 4.69) is 15.2 Å². The molecule has 2 bridgehead atoms. The summed E-state index contributed by atoms with van der Waals surface area (Å²) in [6.07, 6.45) is 2.38. The van der Waals surface area contributed by atoms with Gasteiger partial charge in [0.1, 0.15) is 0 Å². The molecule has 0 spiro atoms. The van der Waals surface area contributed by atoms with E-state index in [-0.39, 0.29) is 11.9 Å². The van der Waals surface area contributed by atoms with Crippen molar-refractivity contribution in [1.29, 1.82) is 0 Å². The van der Waals surface area contributed by atoms with Crippen LogP contribution >= 0.6 is 22.9 Å². The average Bonchev–Trinajstić information content (AvgIpc) is 2.98. The molecule has 4 nitrogen and oxygen atoms in total. The van der Waals surface area contributed by atoms with Gasteiger partial charge in [-0.05, 0) is 56.5 Å². The number of carbonyl (C=O) groups is 1. The van der Waals surface area contributed by atoms with E-state index in [0.29, 0.717) is 15.9 Å². The molecule has 24 heavy (non-hydrogen) atoms. The molecular weight excluding hydrogens is 342 g/mol. The van der Waals surface area contributed by atoms with Gasteiger partial charge < -0.3 is 10.2 Å². The summed E-state index contributed by atoms with van der Waals surface area (Å²) < 4.78 is 0. The van der Waals surface area contributed by atoms with Crippen LogP contribution in [0.2, 0.25) is 5.02 Å². The van der Waals surface area contributed by atoms with Gasteiger partial charge in [0.15, 0.2) is 5.01 Å². The first kappa shape index (κ1) is 16.1. The van der Waals surface area contributed by atoms with Gasteiger partial charge in [-0.25, -0.2) is 4.98 Å². The van der Waals surface area contributed by atoms with Gasteiger partial charge in [0.05, 0.1) is 10.6 Å². The Kier molecular flexibility index (Phi) is 4.33. The highest BCUT2D eigenvalue weighted by atomic mass is 35.5. The topological polar surface area (TPSA) is 45.2 Å². The lowest BCUT2D eigenvalue weighted by Gasteiger charge is -2.44. The van der Waals surface area contributed by atoms with Crippen molar-refractivity contribution in [2.24, 2.45) is 5.92 Å². The summed E-state index contributed by atoms with van der Waals surface area (Å²) >= 11 is 7.52. The monoisotopic (exact) mass is 361 g/mol. The van der Waals surface area contributed by atoms with Crippen molar-refractivity contribution in [3.63, 3.8) is 0 Å². The molecule has 5 rings (SSSR count). The van der Waals surface area contributed by atoms with Crippen molar-refractivity contribution < 1.29 is 4.79 Å². The van der Waals surface area contributed by atoms with Gasteiger partial charge in [0.2, 0.25) is 0 Å². The van der Waals surface area contributed by atoms with Crippen molar-refractivity contribution in [3.05, 3.63) is 40.0 Å². The van der Waals surface area contributed by atoms with Crippen LogP contribution in [0.15, 0.2) is 24.3 Å². The third kappa shape index (κ3) is 3.08. The van der Waals surface area contributed by atoms with Gasteiger partial charge >= 0.3 is 0 Å². The number of hydrogen-bond donors (Lipinski definition) is 1. The maximum atomic E-state index is 12.6. The summed E-state index contributed by atoms with van der Waals surface area (Å²) in [6.45, 7) is 5.26. The number of piperidine rings is 3. The molecule has 1 amide bonds. The third-order valence-corrected chi connectivity index (χ3v) is 6.49. The maximum absolute atomic E-state index is 12.6. The predicted molar refractivity (Wildman–Crippen MR) is 97.7 cm³/mol. The second-order valence-corrected chi connectivity index (χ2v) is 8.10. The molecular formula is C18H20ClN3OS. The van der Waals surface area contributed by atoms with Crippen LogP contribution in [0.4, 0.5) is 0 Å². The fourth-order valence-electron chi connectivity index (χ4n) is 3.75. The molecule has 0 radical (unpaired) electrons. The van der Waals surface area contributed by atoms with Crippen LogP contribution in [0.1, 0.15) is 28.3 Å². The zero-order valence-corrected chi connectivity index (χ0v) is 15.2. The molecule has 6 heteroatoms. The molecule has 0 aliphatic carbocycles. The molecule has 3 aliphatic rings. The zero-order chi connectivity index (χ0) is 16.7. The Morgan fingerprint density at radius 1 is 1.38 bits per heavy atom. The zero-order valence-electron chi connectivity index (χ0n) is 13.6. The van der Waals surface area contributed by atoms with E-state index >= 15 is 0 Å². The van der Waals surface area contributed by atoms with Crippen molar-refractivity contribution >= 4 is 28.8 Å². The average molecular weight is 362 g/mol. The number of carbonyl (C=O) groups excluding carboxylic acids is 1. The van der Waals surface area contributed by atoms with Gasteiger partial charge in [-0.2, -0.15) is 0 Å². The summed E-state index contributed by atoms with van der Waals surface area (Å²) in [7, 11) is 0. The smallest absolute Gasteiger partial charge is 0.280 e.